The van der Waals surface area contributed by atoms with Crippen molar-refractivity contribution in [1.82, 2.24) is 5.32 Å². The van der Waals surface area contributed by atoms with Gasteiger partial charge in [-0.05, 0) is 36.7 Å². The van der Waals surface area contributed by atoms with E-state index in [9.17, 15) is 0 Å². The molecule has 0 fully saturated rings. The van der Waals surface area contributed by atoms with Crippen molar-refractivity contribution in [3.05, 3.63) is 64.4 Å². The van der Waals surface area contributed by atoms with E-state index >= 15 is 0 Å². The minimum absolute atomic E-state index is 0.805. The molecular formula is C20H21NO2. The zero-order valence-electron chi connectivity index (χ0n) is 13.6. The number of rotatable bonds is 4. The quantitative estimate of drug-likeness (QED) is 0.791. The van der Waals surface area contributed by atoms with Crippen molar-refractivity contribution in [1.29, 1.82) is 0 Å². The zero-order chi connectivity index (χ0) is 15.8. The number of nitrogens with one attached hydrogen (secondary N) is 1. The molecule has 23 heavy (non-hydrogen) atoms. The SMILES string of the molecule is CNCc1c(C)oc2c(Cc3ccc4c(c3)OCC4)cccc12. The average Bonchev–Trinajstić information content (AvgIpc) is 3.13. The smallest absolute Gasteiger partial charge is 0.138 e. The Kier molecular flexibility index (Phi) is 3.58. The van der Waals surface area contributed by atoms with Gasteiger partial charge in [0.1, 0.15) is 17.1 Å². The van der Waals surface area contributed by atoms with E-state index in [4.69, 9.17) is 9.15 Å². The molecule has 2 heterocycles. The van der Waals surface area contributed by atoms with Gasteiger partial charge in [-0.2, -0.15) is 0 Å². The van der Waals surface area contributed by atoms with Crippen molar-refractivity contribution in [2.24, 2.45) is 0 Å². The van der Waals surface area contributed by atoms with Crippen molar-refractivity contribution in [2.75, 3.05) is 13.7 Å². The summed E-state index contributed by atoms with van der Waals surface area (Å²) in [4.78, 5) is 0. The summed E-state index contributed by atoms with van der Waals surface area (Å²) in [6, 6.07) is 13.0. The summed E-state index contributed by atoms with van der Waals surface area (Å²) in [6.07, 6.45) is 1.88. The molecule has 0 amide bonds. The molecular weight excluding hydrogens is 286 g/mol. The Morgan fingerprint density at radius 2 is 2.09 bits per heavy atom. The van der Waals surface area contributed by atoms with E-state index < -0.39 is 0 Å². The molecule has 1 N–H and O–H groups in total. The van der Waals surface area contributed by atoms with Crippen LogP contribution in [0.1, 0.15) is 28.0 Å². The fraction of sp³-hybridized carbons (Fsp3) is 0.300. The molecule has 0 atom stereocenters. The molecule has 3 nitrogen and oxygen atoms in total. The van der Waals surface area contributed by atoms with Crippen LogP contribution < -0.4 is 10.1 Å². The first-order valence-corrected chi connectivity index (χ1v) is 8.15. The summed E-state index contributed by atoms with van der Waals surface area (Å²) < 4.78 is 11.8. The Hall–Kier alpha value is -2.26. The van der Waals surface area contributed by atoms with E-state index in [-0.39, 0.29) is 0 Å². The first-order valence-electron chi connectivity index (χ1n) is 8.15. The van der Waals surface area contributed by atoms with Crippen molar-refractivity contribution >= 4 is 11.0 Å². The molecule has 0 spiro atoms. The fourth-order valence-corrected chi connectivity index (χ4v) is 3.42. The number of hydrogen-bond acceptors (Lipinski definition) is 3. The van der Waals surface area contributed by atoms with E-state index in [0.717, 1.165) is 43.1 Å². The van der Waals surface area contributed by atoms with Crippen molar-refractivity contribution in [3.63, 3.8) is 0 Å². The number of aryl methyl sites for hydroxylation is 1. The summed E-state index contributed by atoms with van der Waals surface area (Å²) in [6.45, 7) is 3.67. The average molecular weight is 307 g/mol. The third-order valence-electron chi connectivity index (χ3n) is 4.61. The second-order valence-electron chi connectivity index (χ2n) is 6.18. The van der Waals surface area contributed by atoms with Gasteiger partial charge in [0.2, 0.25) is 0 Å². The number of para-hydroxylation sites is 1. The number of benzene rings is 2. The van der Waals surface area contributed by atoms with Gasteiger partial charge >= 0.3 is 0 Å². The Morgan fingerprint density at radius 1 is 1.17 bits per heavy atom. The lowest BCUT2D eigenvalue weighted by molar-refractivity contribution is 0.356. The Balaban J connectivity index is 1.73. The predicted octanol–water partition coefficient (Wildman–Crippen LogP) is 3.99. The van der Waals surface area contributed by atoms with Crippen LogP contribution in [0.25, 0.3) is 11.0 Å². The largest absolute Gasteiger partial charge is 0.493 e. The van der Waals surface area contributed by atoms with Crippen LogP contribution in [0.5, 0.6) is 5.75 Å². The predicted molar refractivity (Wildman–Crippen MR) is 92.2 cm³/mol. The molecule has 0 radical (unpaired) electrons. The van der Waals surface area contributed by atoms with Crippen LogP contribution in [-0.2, 0) is 19.4 Å². The van der Waals surface area contributed by atoms with E-state index in [0.29, 0.717) is 0 Å². The van der Waals surface area contributed by atoms with Gasteiger partial charge in [0.25, 0.3) is 0 Å². The molecule has 1 aromatic heterocycles. The summed E-state index contributed by atoms with van der Waals surface area (Å²) in [7, 11) is 1.96. The third-order valence-corrected chi connectivity index (χ3v) is 4.61. The summed E-state index contributed by atoms with van der Waals surface area (Å²) in [5, 5.41) is 4.44. The molecule has 1 aliphatic rings. The Labute approximate surface area is 136 Å². The van der Waals surface area contributed by atoms with Gasteiger partial charge < -0.3 is 14.5 Å². The van der Waals surface area contributed by atoms with Crippen molar-refractivity contribution in [3.8, 4) is 5.75 Å². The number of furan rings is 1. The highest BCUT2D eigenvalue weighted by molar-refractivity contribution is 5.85. The fourth-order valence-electron chi connectivity index (χ4n) is 3.42. The van der Waals surface area contributed by atoms with Crippen molar-refractivity contribution < 1.29 is 9.15 Å². The molecule has 0 saturated carbocycles. The lowest BCUT2D eigenvalue weighted by Gasteiger charge is -2.06. The summed E-state index contributed by atoms with van der Waals surface area (Å²) in [5.41, 5.74) is 6.07. The lowest BCUT2D eigenvalue weighted by atomic mass is 10.00. The maximum absolute atomic E-state index is 6.08. The van der Waals surface area contributed by atoms with E-state index in [1.165, 1.54) is 27.6 Å². The van der Waals surface area contributed by atoms with Crippen molar-refractivity contribution in [2.45, 2.75) is 26.3 Å². The highest BCUT2D eigenvalue weighted by Gasteiger charge is 2.15. The number of ether oxygens (including phenoxy) is 1. The van der Waals surface area contributed by atoms with Crippen LogP contribution in [0.2, 0.25) is 0 Å². The highest BCUT2D eigenvalue weighted by atomic mass is 16.5. The topological polar surface area (TPSA) is 34.4 Å². The van der Waals surface area contributed by atoms with Crippen LogP contribution in [-0.4, -0.2) is 13.7 Å². The van der Waals surface area contributed by atoms with E-state index in [2.05, 4.69) is 41.7 Å². The second-order valence-corrected chi connectivity index (χ2v) is 6.18. The highest BCUT2D eigenvalue weighted by Crippen LogP contribution is 2.31. The molecule has 2 aromatic carbocycles. The molecule has 0 bridgehead atoms. The molecule has 0 aliphatic carbocycles. The monoisotopic (exact) mass is 307 g/mol. The van der Waals surface area contributed by atoms with Gasteiger partial charge in [0.05, 0.1) is 6.61 Å². The number of hydrogen-bond donors (Lipinski definition) is 1. The maximum Gasteiger partial charge on any atom is 0.138 e. The second kappa shape index (κ2) is 5.74. The third kappa shape index (κ3) is 2.51. The number of fused-ring (bicyclic) bond motifs is 2. The molecule has 0 saturated heterocycles. The van der Waals surface area contributed by atoms with Gasteiger partial charge in [-0.25, -0.2) is 0 Å². The van der Waals surface area contributed by atoms with Gasteiger partial charge in [-0.3, -0.25) is 0 Å². The minimum Gasteiger partial charge on any atom is -0.493 e. The standard InChI is InChI=1S/C20H21NO2/c1-13-18(12-21-2)17-5-3-4-16(20(17)23-13)10-14-6-7-15-8-9-22-19(15)11-14/h3-7,11,21H,8-10,12H2,1-2H3. The molecule has 1 aliphatic heterocycles. The molecule has 3 heteroatoms. The van der Waals surface area contributed by atoms with Gasteiger partial charge in [0, 0.05) is 30.3 Å². The van der Waals surface area contributed by atoms with Crippen LogP contribution in [0.4, 0.5) is 0 Å². The van der Waals surface area contributed by atoms with Crippen LogP contribution in [0, 0.1) is 6.92 Å². The van der Waals surface area contributed by atoms with Crippen LogP contribution in [0.15, 0.2) is 40.8 Å². The van der Waals surface area contributed by atoms with Gasteiger partial charge in [-0.1, -0.05) is 30.3 Å². The zero-order valence-corrected chi connectivity index (χ0v) is 13.6. The lowest BCUT2D eigenvalue weighted by Crippen LogP contribution is -2.05. The first kappa shape index (κ1) is 14.3. The Bertz CT molecular complexity index is 863. The molecule has 118 valence electrons. The van der Waals surface area contributed by atoms with Gasteiger partial charge in [-0.15, -0.1) is 0 Å². The van der Waals surface area contributed by atoms with E-state index in [1.807, 2.05) is 14.0 Å². The van der Waals surface area contributed by atoms with E-state index in [1.54, 1.807) is 0 Å². The normalized spacial score (nSPS) is 13.3. The Morgan fingerprint density at radius 3 is 2.96 bits per heavy atom. The molecule has 4 rings (SSSR count). The van der Waals surface area contributed by atoms with Crippen LogP contribution in [0.3, 0.4) is 0 Å². The molecule has 0 unspecified atom stereocenters. The molecule has 3 aromatic rings. The summed E-state index contributed by atoms with van der Waals surface area (Å²) >= 11 is 0. The first-order chi connectivity index (χ1) is 11.3. The summed E-state index contributed by atoms with van der Waals surface area (Å²) in [5.74, 6) is 2.04. The van der Waals surface area contributed by atoms with Crippen LogP contribution >= 0.6 is 0 Å². The maximum atomic E-state index is 6.08. The minimum atomic E-state index is 0.805. The van der Waals surface area contributed by atoms with Gasteiger partial charge in [0.15, 0.2) is 0 Å².